The van der Waals surface area contributed by atoms with E-state index in [1.807, 2.05) is 24.3 Å². The van der Waals surface area contributed by atoms with E-state index in [-0.39, 0.29) is 23.8 Å². The highest BCUT2D eigenvalue weighted by molar-refractivity contribution is 5.84. The maximum absolute atomic E-state index is 13.0. The van der Waals surface area contributed by atoms with Crippen molar-refractivity contribution in [3.63, 3.8) is 0 Å². The van der Waals surface area contributed by atoms with E-state index in [1.165, 1.54) is 0 Å². The second kappa shape index (κ2) is 7.31. The molecule has 4 bridgehead atoms. The van der Waals surface area contributed by atoms with Gasteiger partial charge in [-0.15, -0.1) is 0 Å². The second-order valence-corrected chi connectivity index (χ2v) is 9.70. The SMILES string of the molecule is COc1ccc(COC(C)(C)C(=O)NC2C3CC4CC2CC(C(=O)O)(C4)C3)cc1. The number of nitrogens with one attached hydrogen (secondary N) is 1. The van der Waals surface area contributed by atoms with E-state index in [2.05, 4.69) is 5.32 Å². The van der Waals surface area contributed by atoms with Crippen LogP contribution in [0, 0.1) is 23.2 Å². The molecule has 6 heteroatoms. The molecule has 4 aliphatic rings. The van der Waals surface area contributed by atoms with Crippen LogP contribution in [0.25, 0.3) is 0 Å². The minimum Gasteiger partial charge on any atom is -0.497 e. The zero-order valence-electron chi connectivity index (χ0n) is 17.4. The summed E-state index contributed by atoms with van der Waals surface area (Å²) in [4.78, 5) is 24.9. The fourth-order valence-corrected chi connectivity index (χ4v) is 5.90. The van der Waals surface area contributed by atoms with Gasteiger partial charge in [-0.1, -0.05) is 12.1 Å². The van der Waals surface area contributed by atoms with Crippen LogP contribution in [0.3, 0.4) is 0 Å². The van der Waals surface area contributed by atoms with Crippen LogP contribution in [0.15, 0.2) is 24.3 Å². The largest absolute Gasteiger partial charge is 0.497 e. The Balaban J connectivity index is 1.37. The Hall–Kier alpha value is -2.08. The minimum atomic E-state index is -0.959. The van der Waals surface area contributed by atoms with Crippen molar-refractivity contribution in [1.82, 2.24) is 5.32 Å². The minimum absolute atomic E-state index is 0.0652. The molecular formula is C23H31NO5. The van der Waals surface area contributed by atoms with Gasteiger partial charge >= 0.3 is 5.97 Å². The van der Waals surface area contributed by atoms with Crippen molar-refractivity contribution in [2.24, 2.45) is 23.2 Å². The summed E-state index contributed by atoms with van der Waals surface area (Å²) in [6.45, 7) is 3.92. The number of rotatable bonds is 7. The summed E-state index contributed by atoms with van der Waals surface area (Å²) in [7, 11) is 1.63. The van der Waals surface area contributed by atoms with Gasteiger partial charge in [0.1, 0.15) is 11.4 Å². The predicted molar refractivity (Wildman–Crippen MR) is 107 cm³/mol. The molecule has 4 saturated carbocycles. The molecule has 29 heavy (non-hydrogen) atoms. The van der Waals surface area contributed by atoms with Crippen molar-refractivity contribution in [3.8, 4) is 5.75 Å². The number of methoxy groups -OCH3 is 1. The summed E-state index contributed by atoms with van der Waals surface area (Å²) in [5.41, 5.74) is -0.540. The van der Waals surface area contributed by atoms with Crippen LogP contribution in [-0.2, 0) is 20.9 Å². The molecule has 1 aromatic carbocycles. The average molecular weight is 402 g/mol. The molecule has 2 unspecified atom stereocenters. The first-order valence-electron chi connectivity index (χ1n) is 10.5. The van der Waals surface area contributed by atoms with E-state index >= 15 is 0 Å². The fourth-order valence-electron chi connectivity index (χ4n) is 5.90. The number of carbonyl (C=O) groups excluding carboxylic acids is 1. The lowest BCUT2D eigenvalue weighted by molar-refractivity contribution is -0.169. The summed E-state index contributed by atoms with van der Waals surface area (Å²) in [6.07, 6.45) is 4.25. The number of benzene rings is 1. The molecule has 0 aliphatic heterocycles. The van der Waals surface area contributed by atoms with Crippen LogP contribution >= 0.6 is 0 Å². The van der Waals surface area contributed by atoms with Crippen LogP contribution in [-0.4, -0.2) is 35.7 Å². The molecule has 158 valence electrons. The number of ether oxygens (including phenoxy) is 2. The van der Waals surface area contributed by atoms with Gasteiger partial charge in [-0.05, 0) is 81.4 Å². The van der Waals surface area contributed by atoms with Crippen LogP contribution in [0.4, 0.5) is 0 Å². The highest BCUT2D eigenvalue weighted by atomic mass is 16.5. The van der Waals surface area contributed by atoms with E-state index < -0.39 is 17.0 Å². The third kappa shape index (κ3) is 3.75. The summed E-state index contributed by atoms with van der Waals surface area (Å²) < 4.78 is 11.1. The lowest BCUT2D eigenvalue weighted by Crippen LogP contribution is -2.62. The lowest BCUT2D eigenvalue weighted by Gasteiger charge is -2.58. The monoisotopic (exact) mass is 401 g/mol. The number of carboxylic acid groups (broad SMARTS) is 1. The van der Waals surface area contributed by atoms with Crippen molar-refractivity contribution in [2.75, 3.05) is 7.11 Å². The Labute approximate surface area is 172 Å². The molecule has 0 heterocycles. The normalized spacial score (nSPS) is 32.8. The van der Waals surface area contributed by atoms with Crippen molar-refractivity contribution in [1.29, 1.82) is 0 Å². The van der Waals surface area contributed by atoms with Crippen molar-refractivity contribution in [3.05, 3.63) is 29.8 Å². The van der Waals surface area contributed by atoms with Gasteiger partial charge in [-0.2, -0.15) is 0 Å². The van der Waals surface area contributed by atoms with E-state index in [0.29, 0.717) is 25.4 Å². The molecule has 0 saturated heterocycles. The van der Waals surface area contributed by atoms with Gasteiger partial charge in [0, 0.05) is 6.04 Å². The van der Waals surface area contributed by atoms with Crippen molar-refractivity contribution in [2.45, 2.75) is 64.2 Å². The molecule has 2 N–H and O–H groups in total. The van der Waals surface area contributed by atoms with Crippen LogP contribution in [0.1, 0.15) is 51.5 Å². The number of carbonyl (C=O) groups is 2. The number of aliphatic carboxylic acids is 1. The quantitative estimate of drug-likeness (QED) is 0.732. The maximum Gasteiger partial charge on any atom is 0.309 e. The number of amides is 1. The van der Waals surface area contributed by atoms with Gasteiger partial charge in [0.15, 0.2) is 0 Å². The first-order chi connectivity index (χ1) is 13.7. The van der Waals surface area contributed by atoms with Crippen LogP contribution in [0.2, 0.25) is 0 Å². The molecule has 1 aromatic rings. The van der Waals surface area contributed by atoms with Gasteiger partial charge in [0.25, 0.3) is 5.91 Å². The first-order valence-corrected chi connectivity index (χ1v) is 10.5. The standard InChI is InChI=1S/C23H31NO5/c1-22(2,29-13-14-4-6-18(28-3)7-5-14)20(25)24-19-16-8-15-9-17(19)12-23(10-15,11-16)21(26)27/h4-7,15-17,19H,8-13H2,1-3H3,(H,24,25)(H,26,27). The molecule has 0 radical (unpaired) electrons. The van der Waals surface area contributed by atoms with Gasteiger partial charge in [-0.25, -0.2) is 0 Å². The highest BCUT2D eigenvalue weighted by Crippen LogP contribution is 2.60. The summed E-state index contributed by atoms with van der Waals surface area (Å²) in [6, 6.07) is 7.67. The molecule has 4 aliphatic carbocycles. The van der Waals surface area contributed by atoms with Crippen LogP contribution in [0.5, 0.6) is 5.75 Å². The Kier molecular flexibility index (Phi) is 5.09. The molecule has 0 aromatic heterocycles. The molecule has 5 rings (SSSR count). The average Bonchev–Trinajstić information content (AvgIpc) is 2.68. The Morgan fingerprint density at radius 2 is 1.76 bits per heavy atom. The number of hydrogen-bond acceptors (Lipinski definition) is 4. The smallest absolute Gasteiger partial charge is 0.309 e. The van der Waals surface area contributed by atoms with Crippen molar-refractivity contribution >= 4 is 11.9 Å². The summed E-state index contributed by atoms with van der Waals surface area (Å²) >= 11 is 0. The third-order valence-corrected chi connectivity index (χ3v) is 7.33. The highest BCUT2D eigenvalue weighted by Gasteiger charge is 2.59. The Bertz CT molecular complexity index is 771. The summed E-state index contributed by atoms with van der Waals surface area (Å²) in [5.74, 6) is 1.04. The zero-order valence-corrected chi connectivity index (χ0v) is 17.4. The van der Waals surface area contributed by atoms with Gasteiger partial charge in [0.2, 0.25) is 0 Å². The topological polar surface area (TPSA) is 84.9 Å². The van der Waals surface area contributed by atoms with Gasteiger partial charge in [0.05, 0.1) is 19.1 Å². The molecule has 1 amide bonds. The van der Waals surface area contributed by atoms with Gasteiger partial charge in [-0.3, -0.25) is 9.59 Å². The van der Waals surface area contributed by atoms with Gasteiger partial charge < -0.3 is 19.9 Å². The Morgan fingerprint density at radius 1 is 1.14 bits per heavy atom. The Morgan fingerprint density at radius 3 is 2.31 bits per heavy atom. The number of hydrogen-bond donors (Lipinski definition) is 2. The summed E-state index contributed by atoms with van der Waals surface area (Å²) in [5, 5.41) is 13.0. The number of carboxylic acids is 1. The lowest BCUT2D eigenvalue weighted by atomic mass is 9.48. The van der Waals surface area contributed by atoms with Crippen LogP contribution < -0.4 is 10.1 Å². The molecular weight excluding hydrogens is 370 g/mol. The third-order valence-electron chi connectivity index (χ3n) is 7.33. The zero-order chi connectivity index (χ0) is 20.8. The van der Waals surface area contributed by atoms with Crippen molar-refractivity contribution < 1.29 is 24.2 Å². The molecule has 6 nitrogen and oxygen atoms in total. The second-order valence-electron chi connectivity index (χ2n) is 9.70. The fraction of sp³-hybridized carbons (Fsp3) is 0.652. The van der Waals surface area contributed by atoms with E-state index in [4.69, 9.17) is 9.47 Å². The van der Waals surface area contributed by atoms with E-state index in [1.54, 1.807) is 21.0 Å². The molecule has 0 spiro atoms. The molecule has 2 atom stereocenters. The predicted octanol–water partition coefficient (Wildman–Crippen LogP) is 3.39. The first kappa shape index (κ1) is 20.2. The van der Waals surface area contributed by atoms with E-state index in [0.717, 1.165) is 30.6 Å². The van der Waals surface area contributed by atoms with E-state index in [9.17, 15) is 14.7 Å². The maximum atomic E-state index is 13.0. The molecule has 4 fully saturated rings.